The molecule has 0 aliphatic rings. The average molecular weight is 408 g/mol. The maximum atomic E-state index is 4.04. The molecule has 7 heteroatoms. The van der Waals surface area contributed by atoms with E-state index in [2.05, 4.69) is 59.4 Å². The number of hydrogen-bond acceptors (Lipinski definition) is 4. The molecule has 0 aliphatic heterocycles. The lowest BCUT2D eigenvalue weighted by Crippen LogP contribution is -2.18. The van der Waals surface area contributed by atoms with Crippen molar-refractivity contribution in [3.63, 3.8) is 0 Å². The lowest BCUT2D eigenvalue weighted by molar-refractivity contribution is 0.588. The molecule has 0 bridgehead atoms. The van der Waals surface area contributed by atoms with Crippen LogP contribution in [0.4, 0.5) is 0 Å². The molecule has 1 aromatic carbocycles. The zero-order chi connectivity index (χ0) is 12.4. The van der Waals surface area contributed by atoms with Crippen LogP contribution in [0.15, 0.2) is 22.7 Å². The molecule has 90 valence electrons. The van der Waals surface area contributed by atoms with E-state index in [9.17, 15) is 0 Å². The Kier molecular flexibility index (Phi) is 4.10. The van der Waals surface area contributed by atoms with E-state index in [0.29, 0.717) is 0 Å². The maximum absolute atomic E-state index is 4.04. The standard InChI is InChI=1S/C10H11BrIN5/c1-6(13-2)10-14-15-16-17(10)9-4-3-7(12)5-8(9)11/h3-6,13H,1-2H3. The summed E-state index contributed by atoms with van der Waals surface area (Å²) in [6, 6.07) is 6.14. The molecule has 0 fully saturated rings. The molecule has 5 nitrogen and oxygen atoms in total. The van der Waals surface area contributed by atoms with Crippen LogP contribution in [-0.2, 0) is 0 Å². The fourth-order valence-corrected chi connectivity index (χ4v) is 2.88. The number of nitrogens with one attached hydrogen (secondary N) is 1. The first kappa shape index (κ1) is 12.9. The fourth-order valence-electron chi connectivity index (χ4n) is 1.42. The monoisotopic (exact) mass is 407 g/mol. The van der Waals surface area contributed by atoms with Gasteiger partial charge in [-0.1, -0.05) is 0 Å². The highest BCUT2D eigenvalue weighted by Crippen LogP contribution is 2.24. The predicted octanol–water partition coefficient (Wildman–Crippen LogP) is 2.31. The second-order valence-corrected chi connectivity index (χ2v) is 5.65. The minimum atomic E-state index is 0.0937. The number of rotatable bonds is 3. The number of nitrogens with zero attached hydrogens (tertiary/aromatic N) is 4. The predicted molar refractivity (Wildman–Crippen MR) is 77.0 cm³/mol. The summed E-state index contributed by atoms with van der Waals surface area (Å²) in [6.45, 7) is 2.02. The van der Waals surface area contributed by atoms with Crippen molar-refractivity contribution in [2.75, 3.05) is 7.05 Å². The van der Waals surface area contributed by atoms with Crippen LogP contribution in [0.2, 0.25) is 0 Å². The largest absolute Gasteiger partial charge is 0.311 e. The molecule has 2 aromatic rings. The third-order valence-electron chi connectivity index (χ3n) is 2.45. The van der Waals surface area contributed by atoms with E-state index in [-0.39, 0.29) is 6.04 Å². The Labute approximate surface area is 121 Å². The zero-order valence-electron chi connectivity index (χ0n) is 9.35. The fraction of sp³-hybridized carbons (Fsp3) is 0.300. The molecule has 1 unspecified atom stereocenters. The van der Waals surface area contributed by atoms with Crippen LogP contribution < -0.4 is 5.32 Å². The lowest BCUT2D eigenvalue weighted by Gasteiger charge is -2.11. The van der Waals surface area contributed by atoms with E-state index in [1.54, 1.807) is 4.68 Å². The second kappa shape index (κ2) is 5.40. The van der Waals surface area contributed by atoms with Crippen molar-refractivity contribution >= 4 is 38.5 Å². The molecular weight excluding hydrogens is 397 g/mol. The Bertz CT molecular complexity index is 527. The summed E-state index contributed by atoms with van der Waals surface area (Å²) in [6.07, 6.45) is 0. The highest BCUT2D eigenvalue weighted by atomic mass is 127. The van der Waals surface area contributed by atoms with Gasteiger partial charge >= 0.3 is 0 Å². The van der Waals surface area contributed by atoms with E-state index < -0.39 is 0 Å². The molecule has 0 radical (unpaired) electrons. The molecule has 1 aromatic heterocycles. The highest BCUT2D eigenvalue weighted by molar-refractivity contribution is 14.1. The molecule has 2 rings (SSSR count). The molecule has 1 heterocycles. The first-order valence-corrected chi connectivity index (χ1v) is 6.91. The highest BCUT2D eigenvalue weighted by Gasteiger charge is 2.15. The number of tetrazole rings is 1. The van der Waals surface area contributed by atoms with Gasteiger partial charge in [0.05, 0.1) is 11.7 Å². The Morgan fingerprint density at radius 1 is 1.47 bits per heavy atom. The van der Waals surface area contributed by atoms with Crippen LogP contribution in [0.1, 0.15) is 18.8 Å². The van der Waals surface area contributed by atoms with Gasteiger partial charge < -0.3 is 5.32 Å². The Morgan fingerprint density at radius 2 is 2.24 bits per heavy atom. The molecule has 0 saturated carbocycles. The van der Waals surface area contributed by atoms with Crippen molar-refractivity contribution in [2.45, 2.75) is 13.0 Å². The van der Waals surface area contributed by atoms with E-state index >= 15 is 0 Å². The van der Waals surface area contributed by atoms with Gasteiger partial charge in [-0.3, -0.25) is 0 Å². The van der Waals surface area contributed by atoms with E-state index in [0.717, 1.165) is 19.6 Å². The van der Waals surface area contributed by atoms with Crippen molar-refractivity contribution in [1.29, 1.82) is 0 Å². The van der Waals surface area contributed by atoms with Crippen LogP contribution in [0.25, 0.3) is 5.69 Å². The molecular formula is C10H11BrIN5. The van der Waals surface area contributed by atoms with Crippen molar-refractivity contribution < 1.29 is 0 Å². The SMILES string of the molecule is CNC(C)c1nnnn1-c1ccc(I)cc1Br. The number of aromatic nitrogens is 4. The first-order chi connectivity index (χ1) is 8.13. The van der Waals surface area contributed by atoms with Gasteiger partial charge in [-0.05, 0) is 81.1 Å². The summed E-state index contributed by atoms with van der Waals surface area (Å²) in [5.74, 6) is 0.786. The van der Waals surface area contributed by atoms with Crippen LogP contribution in [0.3, 0.4) is 0 Å². The Hall–Kier alpha value is -0.540. The third kappa shape index (κ3) is 2.66. The van der Waals surface area contributed by atoms with Gasteiger partial charge in [0.2, 0.25) is 0 Å². The van der Waals surface area contributed by atoms with Crippen LogP contribution in [0, 0.1) is 3.57 Å². The van der Waals surface area contributed by atoms with Gasteiger partial charge in [-0.2, -0.15) is 4.68 Å². The van der Waals surface area contributed by atoms with Crippen molar-refractivity contribution in [2.24, 2.45) is 0 Å². The molecule has 17 heavy (non-hydrogen) atoms. The molecule has 1 atom stereocenters. The zero-order valence-corrected chi connectivity index (χ0v) is 13.1. The first-order valence-electron chi connectivity index (χ1n) is 5.04. The molecule has 0 aliphatic carbocycles. The van der Waals surface area contributed by atoms with Crippen molar-refractivity contribution in [3.05, 3.63) is 32.1 Å². The minimum absolute atomic E-state index is 0.0937. The minimum Gasteiger partial charge on any atom is -0.311 e. The number of halogens is 2. The summed E-state index contributed by atoms with van der Waals surface area (Å²) >= 11 is 5.80. The van der Waals surface area contributed by atoms with Gasteiger partial charge in [0.1, 0.15) is 0 Å². The topological polar surface area (TPSA) is 55.6 Å². The summed E-state index contributed by atoms with van der Waals surface area (Å²) < 4.78 is 3.87. The van der Waals surface area contributed by atoms with Gasteiger partial charge in [0, 0.05) is 8.04 Å². The van der Waals surface area contributed by atoms with Gasteiger partial charge in [0.25, 0.3) is 0 Å². The quantitative estimate of drug-likeness (QED) is 0.793. The summed E-state index contributed by atoms with van der Waals surface area (Å²) in [4.78, 5) is 0. The molecule has 0 saturated heterocycles. The lowest BCUT2D eigenvalue weighted by atomic mass is 10.3. The number of benzene rings is 1. The van der Waals surface area contributed by atoms with Crippen molar-refractivity contribution in [1.82, 2.24) is 25.5 Å². The second-order valence-electron chi connectivity index (χ2n) is 3.55. The Balaban J connectivity index is 2.50. The van der Waals surface area contributed by atoms with Crippen LogP contribution >= 0.6 is 38.5 Å². The van der Waals surface area contributed by atoms with Gasteiger partial charge in [-0.15, -0.1) is 5.10 Å². The smallest absolute Gasteiger partial charge is 0.173 e. The van der Waals surface area contributed by atoms with Gasteiger partial charge in [-0.25, -0.2) is 0 Å². The van der Waals surface area contributed by atoms with E-state index in [4.69, 9.17) is 0 Å². The number of hydrogen-bond donors (Lipinski definition) is 1. The maximum Gasteiger partial charge on any atom is 0.173 e. The summed E-state index contributed by atoms with van der Waals surface area (Å²) in [5.41, 5.74) is 0.938. The average Bonchev–Trinajstić information content (AvgIpc) is 2.77. The van der Waals surface area contributed by atoms with E-state index in [1.807, 2.05) is 32.2 Å². The van der Waals surface area contributed by atoms with E-state index in [1.165, 1.54) is 0 Å². The summed E-state index contributed by atoms with van der Waals surface area (Å²) in [5, 5.41) is 14.9. The molecule has 0 amide bonds. The summed E-state index contributed by atoms with van der Waals surface area (Å²) in [7, 11) is 1.88. The molecule has 0 spiro atoms. The third-order valence-corrected chi connectivity index (χ3v) is 3.76. The van der Waals surface area contributed by atoms with Crippen LogP contribution in [-0.4, -0.2) is 27.3 Å². The van der Waals surface area contributed by atoms with Gasteiger partial charge in [0.15, 0.2) is 5.82 Å². The van der Waals surface area contributed by atoms with Crippen LogP contribution in [0.5, 0.6) is 0 Å². The molecule has 1 N–H and O–H groups in total. The van der Waals surface area contributed by atoms with Crippen molar-refractivity contribution in [3.8, 4) is 5.69 Å². The Morgan fingerprint density at radius 3 is 2.88 bits per heavy atom. The normalized spacial score (nSPS) is 12.7.